The third-order valence-corrected chi connectivity index (χ3v) is 4.79. The van der Waals surface area contributed by atoms with Gasteiger partial charge in [0, 0.05) is 31.7 Å². The van der Waals surface area contributed by atoms with Gasteiger partial charge < -0.3 is 9.80 Å². The minimum absolute atomic E-state index is 0.0716. The predicted octanol–water partition coefficient (Wildman–Crippen LogP) is 2.67. The van der Waals surface area contributed by atoms with Gasteiger partial charge in [-0.2, -0.15) is 0 Å². The zero-order chi connectivity index (χ0) is 15.7. The van der Waals surface area contributed by atoms with Gasteiger partial charge in [-0.1, -0.05) is 17.7 Å². The fourth-order valence-electron chi connectivity index (χ4n) is 3.59. The number of carbonyl (C=O) groups is 2. The lowest BCUT2D eigenvalue weighted by Gasteiger charge is -2.29. The second-order valence-electron chi connectivity index (χ2n) is 6.58. The smallest absolute Gasteiger partial charge is 0.228 e. The maximum Gasteiger partial charge on any atom is 0.228 e. The summed E-state index contributed by atoms with van der Waals surface area (Å²) in [5.74, 6) is 0.0638. The van der Waals surface area contributed by atoms with E-state index in [1.54, 1.807) is 4.90 Å². The third-order valence-electron chi connectivity index (χ3n) is 4.79. The van der Waals surface area contributed by atoms with Crippen molar-refractivity contribution in [2.75, 3.05) is 24.5 Å². The number of likely N-dealkylation sites (tertiary alicyclic amines) is 1. The van der Waals surface area contributed by atoms with E-state index in [1.165, 1.54) is 12.0 Å². The molecule has 118 valence electrons. The fourth-order valence-corrected chi connectivity index (χ4v) is 3.59. The highest BCUT2D eigenvalue weighted by Crippen LogP contribution is 2.29. The normalized spacial score (nSPS) is 22.3. The highest BCUT2D eigenvalue weighted by molar-refractivity contribution is 6.00. The quantitative estimate of drug-likeness (QED) is 0.842. The molecule has 22 heavy (non-hydrogen) atoms. The molecule has 0 saturated carbocycles. The minimum Gasteiger partial charge on any atom is -0.342 e. The van der Waals surface area contributed by atoms with Crippen LogP contribution in [0.3, 0.4) is 0 Å². The first-order chi connectivity index (χ1) is 10.6. The minimum atomic E-state index is -0.175. The van der Waals surface area contributed by atoms with E-state index in [9.17, 15) is 9.59 Å². The van der Waals surface area contributed by atoms with Crippen LogP contribution in [0.1, 0.15) is 36.8 Å². The van der Waals surface area contributed by atoms with Gasteiger partial charge in [0.2, 0.25) is 11.8 Å². The lowest BCUT2D eigenvalue weighted by atomic mass is 10.0. The fraction of sp³-hybridized carbons (Fsp3) is 0.556. The maximum absolute atomic E-state index is 12.6. The number of rotatable bonds is 2. The molecule has 0 aliphatic carbocycles. The van der Waals surface area contributed by atoms with Crippen LogP contribution in [0.25, 0.3) is 0 Å². The standard InChI is InChI=1S/C18H24N2O2/c1-13-6-7-16(14(2)10-13)20-12-15(11-17(20)21)18(22)19-8-4-3-5-9-19/h6-7,10,15H,3-5,8-9,11-12H2,1-2H3/t15-/m1/s1. The number of aryl methyl sites for hydroxylation is 2. The number of hydrogen-bond donors (Lipinski definition) is 0. The first-order valence-corrected chi connectivity index (χ1v) is 8.22. The molecule has 1 atom stereocenters. The van der Waals surface area contributed by atoms with Crippen LogP contribution in [0.15, 0.2) is 18.2 Å². The molecule has 0 bridgehead atoms. The Balaban J connectivity index is 1.74. The van der Waals surface area contributed by atoms with Gasteiger partial charge in [0.15, 0.2) is 0 Å². The molecule has 0 spiro atoms. The number of carbonyl (C=O) groups excluding carboxylic acids is 2. The SMILES string of the molecule is Cc1ccc(N2C[C@H](C(=O)N3CCCCC3)CC2=O)c(C)c1. The van der Waals surface area contributed by atoms with Crippen molar-refractivity contribution in [2.24, 2.45) is 5.92 Å². The predicted molar refractivity (Wildman–Crippen MR) is 86.8 cm³/mol. The van der Waals surface area contributed by atoms with Gasteiger partial charge in [0.1, 0.15) is 0 Å². The molecular formula is C18H24N2O2. The Labute approximate surface area is 132 Å². The molecule has 2 fully saturated rings. The lowest BCUT2D eigenvalue weighted by Crippen LogP contribution is -2.40. The van der Waals surface area contributed by atoms with Crippen LogP contribution in [0.5, 0.6) is 0 Å². The lowest BCUT2D eigenvalue weighted by molar-refractivity contribution is -0.136. The highest BCUT2D eigenvalue weighted by Gasteiger charge is 2.37. The van der Waals surface area contributed by atoms with E-state index in [0.717, 1.165) is 37.2 Å². The molecular weight excluding hydrogens is 276 g/mol. The molecule has 1 aromatic carbocycles. The first kappa shape index (κ1) is 15.1. The van der Waals surface area contributed by atoms with Crippen molar-refractivity contribution in [1.82, 2.24) is 4.90 Å². The van der Waals surface area contributed by atoms with Crippen molar-refractivity contribution < 1.29 is 9.59 Å². The second kappa shape index (κ2) is 6.11. The van der Waals surface area contributed by atoms with E-state index >= 15 is 0 Å². The summed E-state index contributed by atoms with van der Waals surface area (Å²) in [6.07, 6.45) is 3.74. The zero-order valence-electron chi connectivity index (χ0n) is 13.5. The topological polar surface area (TPSA) is 40.6 Å². The second-order valence-corrected chi connectivity index (χ2v) is 6.58. The van der Waals surface area contributed by atoms with Gasteiger partial charge in [-0.05, 0) is 44.7 Å². The van der Waals surface area contributed by atoms with Crippen LogP contribution in [0.2, 0.25) is 0 Å². The van der Waals surface area contributed by atoms with Crippen LogP contribution in [-0.2, 0) is 9.59 Å². The van der Waals surface area contributed by atoms with Crippen LogP contribution in [-0.4, -0.2) is 36.3 Å². The Kier molecular flexibility index (Phi) is 4.19. The highest BCUT2D eigenvalue weighted by atomic mass is 16.2. The molecule has 2 aliphatic heterocycles. The zero-order valence-corrected chi connectivity index (χ0v) is 13.5. The number of benzene rings is 1. The summed E-state index contributed by atoms with van der Waals surface area (Å²) >= 11 is 0. The monoisotopic (exact) mass is 300 g/mol. The van der Waals surface area contributed by atoms with E-state index in [4.69, 9.17) is 0 Å². The molecule has 2 aliphatic rings. The van der Waals surface area contributed by atoms with Crippen LogP contribution in [0.4, 0.5) is 5.69 Å². The Morgan fingerprint density at radius 3 is 2.55 bits per heavy atom. The summed E-state index contributed by atoms with van der Waals surface area (Å²) in [7, 11) is 0. The van der Waals surface area contributed by atoms with Gasteiger partial charge in [0.05, 0.1) is 5.92 Å². The average molecular weight is 300 g/mol. The number of anilines is 1. The number of hydrogen-bond acceptors (Lipinski definition) is 2. The third kappa shape index (κ3) is 2.87. The summed E-state index contributed by atoms with van der Waals surface area (Å²) in [5, 5.41) is 0. The average Bonchev–Trinajstić information content (AvgIpc) is 2.89. The van der Waals surface area contributed by atoms with E-state index in [1.807, 2.05) is 30.9 Å². The van der Waals surface area contributed by atoms with E-state index in [0.29, 0.717) is 13.0 Å². The van der Waals surface area contributed by atoms with Crippen molar-refractivity contribution in [2.45, 2.75) is 39.5 Å². The Bertz CT molecular complexity index is 591. The summed E-state index contributed by atoms with van der Waals surface area (Å²) in [5.41, 5.74) is 3.23. The molecule has 1 aromatic rings. The van der Waals surface area contributed by atoms with Crippen molar-refractivity contribution >= 4 is 17.5 Å². The Morgan fingerprint density at radius 2 is 1.86 bits per heavy atom. The van der Waals surface area contributed by atoms with Crippen LogP contribution >= 0.6 is 0 Å². The van der Waals surface area contributed by atoms with E-state index in [-0.39, 0.29) is 17.7 Å². The molecule has 3 rings (SSSR count). The van der Waals surface area contributed by atoms with Crippen LogP contribution < -0.4 is 4.90 Å². The molecule has 2 saturated heterocycles. The molecule has 0 aromatic heterocycles. The summed E-state index contributed by atoms with van der Waals surface area (Å²) in [4.78, 5) is 28.7. The van der Waals surface area contributed by atoms with Crippen molar-refractivity contribution in [3.05, 3.63) is 29.3 Å². The van der Waals surface area contributed by atoms with Gasteiger partial charge in [-0.15, -0.1) is 0 Å². The number of amides is 2. The summed E-state index contributed by atoms with van der Waals surface area (Å²) < 4.78 is 0. The van der Waals surface area contributed by atoms with E-state index in [2.05, 4.69) is 6.07 Å². The number of nitrogens with zero attached hydrogens (tertiary/aromatic N) is 2. The number of piperidine rings is 1. The summed E-state index contributed by atoms with van der Waals surface area (Å²) in [6, 6.07) is 6.11. The first-order valence-electron chi connectivity index (χ1n) is 8.22. The summed E-state index contributed by atoms with van der Waals surface area (Å²) in [6.45, 7) is 6.30. The van der Waals surface area contributed by atoms with Gasteiger partial charge in [0.25, 0.3) is 0 Å². The molecule has 4 heteroatoms. The van der Waals surface area contributed by atoms with Gasteiger partial charge in [-0.25, -0.2) is 0 Å². The Hall–Kier alpha value is -1.84. The molecule has 4 nitrogen and oxygen atoms in total. The van der Waals surface area contributed by atoms with Crippen molar-refractivity contribution in [3.8, 4) is 0 Å². The maximum atomic E-state index is 12.6. The van der Waals surface area contributed by atoms with Gasteiger partial charge in [-0.3, -0.25) is 9.59 Å². The van der Waals surface area contributed by atoms with Gasteiger partial charge >= 0.3 is 0 Å². The van der Waals surface area contributed by atoms with Crippen LogP contribution in [0, 0.1) is 19.8 Å². The van der Waals surface area contributed by atoms with Crippen molar-refractivity contribution in [3.63, 3.8) is 0 Å². The molecule has 2 amide bonds. The van der Waals surface area contributed by atoms with Crippen molar-refractivity contribution in [1.29, 1.82) is 0 Å². The molecule has 0 unspecified atom stereocenters. The molecule has 2 heterocycles. The molecule has 0 N–H and O–H groups in total. The Morgan fingerprint density at radius 1 is 1.14 bits per heavy atom. The molecule has 0 radical (unpaired) electrons. The van der Waals surface area contributed by atoms with E-state index < -0.39 is 0 Å². The largest absolute Gasteiger partial charge is 0.342 e.